The van der Waals surface area contributed by atoms with Crippen LogP contribution in [0.4, 0.5) is 0 Å². The lowest BCUT2D eigenvalue weighted by Crippen LogP contribution is -2.38. The molecule has 21 heavy (non-hydrogen) atoms. The SMILES string of the molecule is O=C1[C@@H]2[C@H](C(=O)N1Cc1ccc(I)cc1)[C@@H]1C=C[C@H]2CC1. The lowest BCUT2D eigenvalue weighted by molar-refractivity contribution is -0.140. The van der Waals surface area contributed by atoms with Gasteiger partial charge in [-0.15, -0.1) is 0 Å². The summed E-state index contributed by atoms with van der Waals surface area (Å²) in [7, 11) is 0. The van der Waals surface area contributed by atoms with Crippen molar-refractivity contribution >= 4 is 34.4 Å². The van der Waals surface area contributed by atoms with Crippen LogP contribution in [-0.4, -0.2) is 16.7 Å². The van der Waals surface area contributed by atoms with Gasteiger partial charge in [-0.3, -0.25) is 14.5 Å². The van der Waals surface area contributed by atoms with Gasteiger partial charge < -0.3 is 0 Å². The number of carbonyl (C=O) groups is 2. The van der Waals surface area contributed by atoms with E-state index in [1.165, 1.54) is 4.90 Å². The maximum absolute atomic E-state index is 12.7. The molecular weight excluding hydrogens is 377 g/mol. The Hall–Kier alpha value is -1.17. The van der Waals surface area contributed by atoms with Gasteiger partial charge in [-0.1, -0.05) is 24.3 Å². The highest BCUT2D eigenvalue weighted by molar-refractivity contribution is 14.1. The molecule has 3 aliphatic carbocycles. The second-order valence-electron chi connectivity index (χ2n) is 6.23. The van der Waals surface area contributed by atoms with Gasteiger partial charge in [-0.25, -0.2) is 0 Å². The number of halogens is 1. The molecule has 108 valence electrons. The Labute approximate surface area is 137 Å². The number of likely N-dealkylation sites (tertiary alicyclic amines) is 1. The van der Waals surface area contributed by atoms with Crippen LogP contribution in [0.25, 0.3) is 0 Å². The number of hydrogen-bond donors (Lipinski definition) is 0. The van der Waals surface area contributed by atoms with Crippen LogP contribution in [0.1, 0.15) is 18.4 Å². The van der Waals surface area contributed by atoms with E-state index in [-0.39, 0.29) is 35.5 Å². The summed E-state index contributed by atoms with van der Waals surface area (Å²) in [6.07, 6.45) is 6.43. The predicted octanol–water partition coefficient (Wildman–Crippen LogP) is 2.99. The van der Waals surface area contributed by atoms with Crippen molar-refractivity contribution in [2.24, 2.45) is 23.7 Å². The van der Waals surface area contributed by atoms with E-state index in [0.717, 1.165) is 22.0 Å². The van der Waals surface area contributed by atoms with Gasteiger partial charge in [0.2, 0.25) is 11.8 Å². The molecule has 3 nitrogen and oxygen atoms in total. The first kappa shape index (κ1) is 13.5. The number of nitrogens with zero attached hydrogens (tertiary/aromatic N) is 1. The highest BCUT2D eigenvalue weighted by Crippen LogP contribution is 2.49. The summed E-state index contributed by atoms with van der Waals surface area (Å²) in [5.74, 6) is 0.455. The third-order valence-corrected chi connectivity index (χ3v) is 5.82. The van der Waals surface area contributed by atoms with Crippen LogP contribution in [0.5, 0.6) is 0 Å². The maximum Gasteiger partial charge on any atom is 0.234 e. The molecule has 0 unspecified atom stereocenters. The van der Waals surface area contributed by atoms with Crippen LogP contribution in [0.3, 0.4) is 0 Å². The summed E-state index contributed by atoms with van der Waals surface area (Å²) in [6, 6.07) is 8.02. The maximum atomic E-state index is 12.7. The molecule has 2 fully saturated rings. The molecule has 0 N–H and O–H groups in total. The van der Waals surface area contributed by atoms with Crippen molar-refractivity contribution in [2.75, 3.05) is 0 Å². The zero-order valence-electron chi connectivity index (χ0n) is 11.5. The molecule has 1 saturated carbocycles. The Balaban J connectivity index is 1.61. The standard InChI is InChI=1S/C17H16INO2/c18-13-7-1-10(2-8-13)9-19-16(20)14-11-3-4-12(6-5-11)15(14)17(19)21/h1-4,7-8,11-12,14-15H,5-6,9H2/t11-,12+,14-,15+. The van der Waals surface area contributed by atoms with Crippen molar-refractivity contribution in [2.45, 2.75) is 19.4 Å². The molecule has 0 spiro atoms. The van der Waals surface area contributed by atoms with E-state index in [9.17, 15) is 9.59 Å². The molecule has 5 rings (SSSR count). The zero-order chi connectivity index (χ0) is 14.6. The van der Waals surface area contributed by atoms with Gasteiger partial charge in [0.15, 0.2) is 0 Å². The summed E-state index contributed by atoms with van der Waals surface area (Å²) in [6.45, 7) is 0.418. The minimum atomic E-state index is -0.0925. The van der Waals surface area contributed by atoms with Gasteiger partial charge in [0.05, 0.1) is 18.4 Å². The molecule has 0 radical (unpaired) electrons. The van der Waals surface area contributed by atoms with Crippen LogP contribution >= 0.6 is 22.6 Å². The molecule has 1 saturated heterocycles. The van der Waals surface area contributed by atoms with Gasteiger partial charge in [-0.2, -0.15) is 0 Å². The topological polar surface area (TPSA) is 37.4 Å². The van der Waals surface area contributed by atoms with Crippen LogP contribution < -0.4 is 0 Å². The van der Waals surface area contributed by atoms with Gasteiger partial charge >= 0.3 is 0 Å². The fourth-order valence-corrected chi connectivity index (χ4v) is 4.42. The van der Waals surface area contributed by atoms with Crippen LogP contribution in [0.15, 0.2) is 36.4 Å². The fraction of sp³-hybridized carbons (Fsp3) is 0.412. The Morgan fingerprint density at radius 1 is 0.952 bits per heavy atom. The summed E-state index contributed by atoms with van der Waals surface area (Å²) in [5, 5.41) is 0. The Morgan fingerprint density at radius 2 is 1.48 bits per heavy atom. The third kappa shape index (κ3) is 2.06. The summed E-state index contributed by atoms with van der Waals surface area (Å²) < 4.78 is 1.16. The Morgan fingerprint density at radius 3 is 1.95 bits per heavy atom. The van der Waals surface area contributed by atoms with Crippen molar-refractivity contribution < 1.29 is 9.59 Å². The van der Waals surface area contributed by atoms with Crippen LogP contribution in [0.2, 0.25) is 0 Å². The smallest absolute Gasteiger partial charge is 0.234 e. The number of imide groups is 1. The van der Waals surface area contributed by atoms with Gasteiger partial charge in [0, 0.05) is 3.57 Å². The van der Waals surface area contributed by atoms with E-state index in [4.69, 9.17) is 0 Å². The number of hydrogen-bond acceptors (Lipinski definition) is 2. The first-order chi connectivity index (χ1) is 10.1. The molecule has 1 aliphatic heterocycles. The molecular formula is C17H16INO2. The normalized spacial score (nSPS) is 33.7. The van der Waals surface area contributed by atoms with E-state index >= 15 is 0 Å². The number of allylic oxidation sites excluding steroid dienone is 2. The first-order valence-corrected chi connectivity index (χ1v) is 8.51. The lowest BCUT2D eigenvalue weighted by Gasteiger charge is -2.38. The van der Waals surface area contributed by atoms with Crippen molar-refractivity contribution in [3.8, 4) is 0 Å². The van der Waals surface area contributed by atoms with Gasteiger partial charge in [0.25, 0.3) is 0 Å². The van der Waals surface area contributed by atoms with E-state index in [1.54, 1.807) is 0 Å². The molecule has 0 aromatic heterocycles. The number of carbonyl (C=O) groups excluding carboxylic acids is 2. The van der Waals surface area contributed by atoms with E-state index < -0.39 is 0 Å². The largest absolute Gasteiger partial charge is 0.278 e. The predicted molar refractivity (Wildman–Crippen MR) is 87.1 cm³/mol. The molecule has 4 atom stereocenters. The second-order valence-corrected chi connectivity index (χ2v) is 7.48. The van der Waals surface area contributed by atoms with E-state index in [1.807, 2.05) is 24.3 Å². The molecule has 2 amide bonds. The minimum Gasteiger partial charge on any atom is -0.278 e. The quantitative estimate of drug-likeness (QED) is 0.440. The monoisotopic (exact) mass is 393 g/mol. The first-order valence-electron chi connectivity index (χ1n) is 7.43. The number of rotatable bonds is 2. The summed E-state index contributed by atoms with van der Waals surface area (Å²) in [4.78, 5) is 26.9. The van der Waals surface area contributed by atoms with E-state index in [0.29, 0.717) is 6.54 Å². The lowest BCUT2D eigenvalue weighted by atomic mass is 9.63. The number of amides is 2. The average Bonchev–Trinajstić information content (AvgIpc) is 2.78. The molecule has 1 aromatic rings. The Kier molecular flexibility index (Phi) is 3.17. The highest BCUT2D eigenvalue weighted by atomic mass is 127. The van der Waals surface area contributed by atoms with Crippen molar-refractivity contribution in [1.29, 1.82) is 0 Å². The average molecular weight is 393 g/mol. The van der Waals surface area contributed by atoms with Crippen LogP contribution in [-0.2, 0) is 16.1 Å². The van der Waals surface area contributed by atoms with E-state index in [2.05, 4.69) is 34.7 Å². The van der Waals surface area contributed by atoms with Gasteiger partial charge in [-0.05, 0) is 65.0 Å². The highest BCUT2D eigenvalue weighted by Gasteiger charge is 2.56. The molecule has 1 aromatic carbocycles. The zero-order valence-corrected chi connectivity index (χ0v) is 13.7. The molecule has 1 heterocycles. The molecule has 4 heteroatoms. The molecule has 2 bridgehead atoms. The third-order valence-electron chi connectivity index (χ3n) is 5.10. The summed E-state index contributed by atoms with van der Waals surface area (Å²) in [5.41, 5.74) is 1.02. The van der Waals surface area contributed by atoms with Crippen molar-refractivity contribution in [1.82, 2.24) is 4.90 Å². The number of benzene rings is 1. The molecule has 4 aliphatic rings. The minimum absolute atomic E-state index is 0.0441. The summed E-state index contributed by atoms with van der Waals surface area (Å²) >= 11 is 2.25. The van der Waals surface area contributed by atoms with Crippen molar-refractivity contribution in [3.63, 3.8) is 0 Å². The number of fused-ring (bicyclic) bond motifs is 1. The van der Waals surface area contributed by atoms with Crippen LogP contribution in [0, 0.1) is 27.2 Å². The Bertz CT molecular complexity index is 605. The van der Waals surface area contributed by atoms with Gasteiger partial charge in [0.1, 0.15) is 0 Å². The fourth-order valence-electron chi connectivity index (χ4n) is 4.06. The van der Waals surface area contributed by atoms with Crippen molar-refractivity contribution in [3.05, 3.63) is 45.6 Å². The second kappa shape index (κ2) is 4.93.